The van der Waals surface area contributed by atoms with Gasteiger partial charge in [-0.3, -0.25) is 0 Å². The lowest BCUT2D eigenvalue weighted by Gasteiger charge is -2.45. The summed E-state index contributed by atoms with van der Waals surface area (Å²) in [5, 5.41) is 0. The lowest BCUT2D eigenvalue weighted by atomic mass is 10.0. The summed E-state index contributed by atoms with van der Waals surface area (Å²) in [6.07, 6.45) is 2.13. The SMILES string of the molecule is CCO[Si]1(CCCS)OC(C)CC(C)(C)O1. The molecule has 0 amide bonds. The second-order valence-electron chi connectivity index (χ2n) is 4.94. The van der Waals surface area contributed by atoms with Gasteiger partial charge >= 0.3 is 8.80 Å². The minimum absolute atomic E-state index is 0.129. The molecular weight excluding hydrogens is 240 g/mol. The molecule has 0 radical (unpaired) electrons. The van der Waals surface area contributed by atoms with Gasteiger partial charge < -0.3 is 13.3 Å². The van der Waals surface area contributed by atoms with Crippen molar-refractivity contribution in [3.05, 3.63) is 0 Å². The van der Waals surface area contributed by atoms with E-state index in [2.05, 4.69) is 33.4 Å². The second kappa shape index (κ2) is 5.86. The highest BCUT2D eigenvalue weighted by Gasteiger charge is 2.50. The van der Waals surface area contributed by atoms with E-state index in [0.29, 0.717) is 6.61 Å². The van der Waals surface area contributed by atoms with Crippen molar-refractivity contribution in [2.24, 2.45) is 0 Å². The third-order valence-electron chi connectivity index (χ3n) is 2.60. The summed E-state index contributed by atoms with van der Waals surface area (Å²) in [4.78, 5) is 0. The maximum Gasteiger partial charge on any atom is 0.501 e. The number of hydrogen-bond donors (Lipinski definition) is 1. The molecular formula is C11H24O3SSi. The molecule has 0 aromatic carbocycles. The van der Waals surface area contributed by atoms with Crippen LogP contribution in [0.15, 0.2) is 0 Å². The predicted molar refractivity (Wildman–Crippen MR) is 71.0 cm³/mol. The van der Waals surface area contributed by atoms with Crippen molar-refractivity contribution in [2.45, 2.75) is 58.3 Å². The lowest BCUT2D eigenvalue weighted by Crippen LogP contribution is -2.58. The number of thiol groups is 1. The van der Waals surface area contributed by atoms with Crippen LogP contribution < -0.4 is 0 Å². The fourth-order valence-electron chi connectivity index (χ4n) is 2.29. The largest absolute Gasteiger partial charge is 0.501 e. The average Bonchev–Trinajstić information content (AvgIpc) is 2.12. The van der Waals surface area contributed by atoms with Crippen molar-refractivity contribution in [3.8, 4) is 0 Å². The van der Waals surface area contributed by atoms with E-state index in [0.717, 1.165) is 24.6 Å². The van der Waals surface area contributed by atoms with E-state index in [-0.39, 0.29) is 11.7 Å². The predicted octanol–water partition coefficient (Wildman–Crippen LogP) is 2.89. The Morgan fingerprint density at radius 3 is 2.69 bits per heavy atom. The summed E-state index contributed by atoms with van der Waals surface area (Å²) in [6.45, 7) is 8.99. The zero-order chi connectivity index (χ0) is 12.2. The molecule has 1 fully saturated rings. The van der Waals surface area contributed by atoms with Gasteiger partial charge in [0.15, 0.2) is 0 Å². The molecule has 1 heterocycles. The average molecular weight is 264 g/mol. The minimum Gasteiger partial charge on any atom is -0.374 e. The van der Waals surface area contributed by atoms with Gasteiger partial charge in [-0.05, 0) is 46.3 Å². The Morgan fingerprint density at radius 1 is 1.50 bits per heavy atom. The fourth-order valence-corrected chi connectivity index (χ4v) is 5.95. The van der Waals surface area contributed by atoms with Crippen LogP contribution in [-0.2, 0) is 13.3 Å². The summed E-state index contributed by atoms with van der Waals surface area (Å²) in [5.41, 5.74) is -0.129. The highest BCUT2D eigenvalue weighted by atomic mass is 32.1. The first kappa shape index (κ1) is 14.5. The lowest BCUT2D eigenvalue weighted by molar-refractivity contribution is -0.0896. The highest BCUT2D eigenvalue weighted by Crippen LogP contribution is 2.34. The zero-order valence-electron chi connectivity index (χ0n) is 10.8. The summed E-state index contributed by atoms with van der Waals surface area (Å²) in [5.74, 6) is 0.851. The first-order valence-electron chi connectivity index (χ1n) is 6.06. The fraction of sp³-hybridized carbons (Fsp3) is 1.00. The van der Waals surface area contributed by atoms with Gasteiger partial charge in [0.25, 0.3) is 0 Å². The summed E-state index contributed by atoms with van der Waals surface area (Å²) >= 11 is 4.25. The molecule has 0 N–H and O–H groups in total. The molecule has 5 heteroatoms. The Bertz CT molecular complexity index is 225. The summed E-state index contributed by atoms with van der Waals surface area (Å²) in [7, 11) is -2.45. The van der Waals surface area contributed by atoms with Crippen LogP contribution in [0.1, 0.15) is 40.5 Å². The number of hydrogen-bond acceptors (Lipinski definition) is 4. The van der Waals surface area contributed by atoms with E-state index in [9.17, 15) is 0 Å². The van der Waals surface area contributed by atoms with Crippen molar-refractivity contribution < 1.29 is 13.3 Å². The van der Waals surface area contributed by atoms with E-state index in [1.807, 2.05) is 6.92 Å². The molecule has 3 nitrogen and oxygen atoms in total. The van der Waals surface area contributed by atoms with Gasteiger partial charge in [0.1, 0.15) is 0 Å². The van der Waals surface area contributed by atoms with Gasteiger partial charge in [-0.15, -0.1) is 0 Å². The molecule has 2 atom stereocenters. The van der Waals surface area contributed by atoms with Crippen LogP contribution in [0.5, 0.6) is 0 Å². The monoisotopic (exact) mass is 264 g/mol. The molecule has 0 aromatic rings. The zero-order valence-corrected chi connectivity index (χ0v) is 12.7. The van der Waals surface area contributed by atoms with Crippen molar-refractivity contribution in [1.29, 1.82) is 0 Å². The summed E-state index contributed by atoms with van der Waals surface area (Å²) in [6, 6.07) is 0.873. The van der Waals surface area contributed by atoms with Gasteiger partial charge in [0.05, 0.1) is 5.60 Å². The van der Waals surface area contributed by atoms with Crippen LogP contribution >= 0.6 is 12.6 Å². The normalized spacial score (nSPS) is 33.9. The first-order chi connectivity index (χ1) is 7.43. The van der Waals surface area contributed by atoms with Gasteiger partial charge in [0.2, 0.25) is 0 Å². The molecule has 96 valence electrons. The molecule has 2 unspecified atom stereocenters. The second-order valence-corrected chi connectivity index (χ2v) is 7.98. The Kier molecular flexibility index (Phi) is 5.32. The van der Waals surface area contributed by atoms with Gasteiger partial charge in [-0.2, -0.15) is 12.6 Å². The molecule has 0 aliphatic carbocycles. The minimum atomic E-state index is -2.45. The Labute approximate surface area is 106 Å². The third kappa shape index (κ3) is 4.03. The molecule has 0 saturated carbocycles. The van der Waals surface area contributed by atoms with Crippen LogP contribution in [0.2, 0.25) is 6.04 Å². The summed E-state index contributed by atoms with van der Waals surface area (Å²) < 4.78 is 18.0. The highest BCUT2D eigenvalue weighted by molar-refractivity contribution is 7.80. The topological polar surface area (TPSA) is 27.7 Å². The molecule has 0 spiro atoms. The Morgan fingerprint density at radius 2 is 2.19 bits per heavy atom. The quantitative estimate of drug-likeness (QED) is 0.611. The van der Waals surface area contributed by atoms with E-state index in [4.69, 9.17) is 13.3 Å². The molecule has 1 aliphatic rings. The Hall–Kier alpha value is 0.447. The van der Waals surface area contributed by atoms with Crippen molar-refractivity contribution in [2.75, 3.05) is 12.4 Å². The van der Waals surface area contributed by atoms with Crippen LogP contribution in [0.3, 0.4) is 0 Å². The van der Waals surface area contributed by atoms with E-state index in [1.54, 1.807) is 0 Å². The maximum atomic E-state index is 6.13. The molecule has 0 aromatic heterocycles. The molecule has 1 aliphatic heterocycles. The van der Waals surface area contributed by atoms with E-state index < -0.39 is 8.80 Å². The van der Waals surface area contributed by atoms with Gasteiger partial charge in [-0.1, -0.05) is 0 Å². The molecule has 1 rings (SSSR count). The van der Waals surface area contributed by atoms with Crippen molar-refractivity contribution in [3.63, 3.8) is 0 Å². The standard InChI is InChI=1S/C11H24O3SSi/c1-5-12-16(8-6-7-15)13-10(2)9-11(3,4)14-16/h10,15H,5-9H2,1-4H3. The maximum absolute atomic E-state index is 6.13. The van der Waals surface area contributed by atoms with Crippen molar-refractivity contribution >= 4 is 21.4 Å². The third-order valence-corrected chi connectivity index (χ3v) is 6.23. The Balaban J connectivity index is 2.73. The molecule has 0 bridgehead atoms. The van der Waals surface area contributed by atoms with E-state index in [1.165, 1.54) is 0 Å². The van der Waals surface area contributed by atoms with Crippen molar-refractivity contribution in [1.82, 2.24) is 0 Å². The number of rotatable bonds is 5. The van der Waals surface area contributed by atoms with Gasteiger partial charge in [0, 0.05) is 18.8 Å². The van der Waals surface area contributed by atoms with E-state index >= 15 is 0 Å². The van der Waals surface area contributed by atoms with Crippen LogP contribution in [-0.4, -0.2) is 32.9 Å². The van der Waals surface area contributed by atoms with Crippen LogP contribution in [0.4, 0.5) is 0 Å². The smallest absolute Gasteiger partial charge is 0.374 e. The first-order valence-corrected chi connectivity index (χ1v) is 8.62. The van der Waals surface area contributed by atoms with Crippen LogP contribution in [0.25, 0.3) is 0 Å². The molecule has 1 saturated heterocycles. The van der Waals surface area contributed by atoms with Gasteiger partial charge in [-0.25, -0.2) is 0 Å². The molecule has 16 heavy (non-hydrogen) atoms. The van der Waals surface area contributed by atoms with Crippen LogP contribution in [0, 0.1) is 0 Å².